The number of carbonyl (C=O) groups excluding carboxylic acids is 1. The molecule has 1 spiro atoms. The van der Waals surface area contributed by atoms with Crippen molar-refractivity contribution in [1.82, 2.24) is 9.88 Å². The number of amides is 1. The van der Waals surface area contributed by atoms with Crippen LogP contribution in [0.25, 0.3) is 0 Å². The van der Waals surface area contributed by atoms with E-state index in [1.807, 2.05) is 11.0 Å². The van der Waals surface area contributed by atoms with Gasteiger partial charge in [0.25, 0.3) is 5.91 Å². The number of ether oxygens (including phenoxy) is 2. The van der Waals surface area contributed by atoms with Crippen LogP contribution in [0.1, 0.15) is 43.5 Å². The van der Waals surface area contributed by atoms with Gasteiger partial charge in [-0.25, -0.2) is 0 Å². The largest absolute Gasteiger partial charge is 0.384 e. The maximum absolute atomic E-state index is 12.7. The Morgan fingerprint density at radius 1 is 1.29 bits per heavy atom. The predicted octanol–water partition coefficient (Wildman–Crippen LogP) is 2.52. The van der Waals surface area contributed by atoms with Crippen LogP contribution in [-0.4, -0.2) is 54.4 Å². The summed E-state index contributed by atoms with van der Waals surface area (Å²) in [6.07, 6.45) is 5.97. The molecule has 1 amide bonds. The zero-order valence-corrected chi connectivity index (χ0v) is 14.6. The third kappa shape index (κ3) is 4.05. The first-order valence-corrected chi connectivity index (χ1v) is 8.84. The van der Waals surface area contributed by atoms with Crippen LogP contribution >= 0.6 is 0 Å². The van der Waals surface area contributed by atoms with Gasteiger partial charge < -0.3 is 19.7 Å². The summed E-state index contributed by atoms with van der Waals surface area (Å²) in [6.45, 7) is 7.90. The van der Waals surface area contributed by atoms with Crippen molar-refractivity contribution in [2.24, 2.45) is 5.92 Å². The summed E-state index contributed by atoms with van der Waals surface area (Å²) < 4.78 is 11.4. The molecule has 0 unspecified atom stereocenters. The van der Waals surface area contributed by atoms with Gasteiger partial charge in [0.05, 0.1) is 24.5 Å². The number of hydrogen-bond acceptors (Lipinski definition) is 5. The number of carbonyl (C=O) groups is 1. The molecule has 0 saturated carbocycles. The molecule has 1 aromatic heterocycles. The molecular formula is C18H27N3O3. The summed E-state index contributed by atoms with van der Waals surface area (Å²) in [5.74, 6) is 0.230. The molecule has 0 bridgehead atoms. The number of anilines is 1. The maximum Gasteiger partial charge on any atom is 0.255 e. The lowest BCUT2D eigenvalue weighted by atomic mass is 10.0. The molecule has 132 valence electrons. The van der Waals surface area contributed by atoms with E-state index in [-0.39, 0.29) is 5.91 Å². The molecule has 2 saturated heterocycles. The number of pyridine rings is 1. The highest BCUT2D eigenvalue weighted by Gasteiger charge is 2.40. The Hall–Kier alpha value is -1.66. The van der Waals surface area contributed by atoms with E-state index >= 15 is 0 Å². The lowest BCUT2D eigenvalue weighted by molar-refractivity contribution is -0.181. The van der Waals surface area contributed by atoms with Crippen molar-refractivity contribution >= 4 is 11.6 Å². The molecule has 0 radical (unpaired) electrons. The highest BCUT2D eigenvalue weighted by Crippen LogP contribution is 2.31. The van der Waals surface area contributed by atoms with Crippen molar-refractivity contribution in [3.8, 4) is 0 Å². The first kappa shape index (κ1) is 17.2. The van der Waals surface area contributed by atoms with E-state index in [0.29, 0.717) is 37.8 Å². The van der Waals surface area contributed by atoms with Crippen molar-refractivity contribution < 1.29 is 14.3 Å². The van der Waals surface area contributed by atoms with Gasteiger partial charge in [-0.15, -0.1) is 0 Å². The Bertz CT molecular complexity index is 560. The van der Waals surface area contributed by atoms with Crippen LogP contribution in [0.5, 0.6) is 0 Å². The maximum atomic E-state index is 12.7. The molecule has 1 N–H and O–H groups in total. The van der Waals surface area contributed by atoms with Crippen LogP contribution in [0.2, 0.25) is 0 Å². The Morgan fingerprint density at radius 2 is 2.00 bits per heavy atom. The monoisotopic (exact) mass is 333 g/mol. The third-order valence-corrected chi connectivity index (χ3v) is 4.66. The zero-order chi connectivity index (χ0) is 17.0. The van der Waals surface area contributed by atoms with Crippen LogP contribution in [0, 0.1) is 5.92 Å². The molecule has 1 aromatic rings. The van der Waals surface area contributed by atoms with Gasteiger partial charge in [-0.05, 0) is 18.4 Å². The second-order valence-electron chi connectivity index (χ2n) is 6.97. The number of piperidine rings is 1. The van der Waals surface area contributed by atoms with Gasteiger partial charge in [-0.1, -0.05) is 13.8 Å². The van der Waals surface area contributed by atoms with Crippen molar-refractivity contribution in [2.75, 3.05) is 38.2 Å². The Kier molecular flexibility index (Phi) is 5.36. The summed E-state index contributed by atoms with van der Waals surface area (Å²) in [7, 11) is 0. The fraction of sp³-hybridized carbons (Fsp3) is 0.667. The van der Waals surface area contributed by atoms with Gasteiger partial charge in [0.15, 0.2) is 5.79 Å². The van der Waals surface area contributed by atoms with Crippen LogP contribution in [0.4, 0.5) is 5.69 Å². The van der Waals surface area contributed by atoms with E-state index in [4.69, 9.17) is 9.47 Å². The van der Waals surface area contributed by atoms with E-state index in [0.717, 1.165) is 31.5 Å². The van der Waals surface area contributed by atoms with Gasteiger partial charge in [0.2, 0.25) is 0 Å². The van der Waals surface area contributed by atoms with Crippen LogP contribution in [0.15, 0.2) is 18.5 Å². The van der Waals surface area contributed by atoms with Gasteiger partial charge in [0, 0.05) is 44.9 Å². The summed E-state index contributed by atoms with van der Waals surface area (Å²) in [4.78, 5) is 18.8. The molecular weight excluding hydrogens is 306 g/mol. The zero-order valence-electron chi connectivity index (χ0n) is 14.6. The van der Waals surface area contributed by atoms with Gasteiger partial charge in [-0.3, -0.25) is 9.78 Å². The van der Waals surface area contributed by atoms with E-state index < -0.39 is 5.79 Å². The topological polar surface area (TPSA) is 63.7 Å². The first-order chi connectivity index (χ1) is 11.6. The average molecular weight is 333 g/mol. The van der Waals surface area contributed by atoms with Crippen molar-refractivity contribution in [3.63, 3.8) is 0 Å². The quantitative estimate of drug-likeness (QED) is 0.897. The average Bonchev–Trinajstić information content (AvgIpc) is 3.03. The minimum absolute atomic E-state index is 0.0304. The molecule has 0 aromatic carbocycles. The highest BCUT2D eigenvalue weighted by atomic mass is 16.7. The smallest absolute Gasteiger partial charge is 0.255 e. The second-order valence-corrected chi connectivity index (χ2v) is 6.97. The standard InChI is InChI=1S/C18H27N3O3/c1-14(2)3-6-20-16-11-15(12-19-13-16)17(22)21-7-4-18(5-8-21)23-9-10-24-18/h11-14,20H,3-10H2,1-2H3. The molecule has 3 rings (SSSR count). The normalized spacial score (nSPS) is 19.9. The van der Waals surface area contributed by atoms with E-state index in [1.165, 1.54) is 0 Å². The molecule has 2 aliphatic rings. The Labute approximate surface area is 143 Å². The number of hydrogen-bond donors (Lipinski definition) is 1. The van der Waals surface area contributed by atoms with Gasteiger partial charge in [0.1, 0.15) is 0 Å². The van der Waals surface area contributed by atoms with Crippen LogP contribution < -0.4 is 5.32 Å². The number of aromatic nitrogens is 1. The summed E-state index contributed by atoms with van der Waals surface area (Å²) in [5, 5.41) is 3.34. The molecule has 6 heteroatoms. The highest BCUT2D eigenvalue weighted by molar-refractivity contribution is 5.94. The number of nitrogens with zero attached hydrogens (tertiary/aromatic N) is 2. The lowest BCUT2D eigenvalue weighted by Crippen LogP contribution is -2.47. The Morgan fingerprint density at radius 3 is 2.67 bits per heavy atom. The van der Waals surface area contributed by atoms with Gasteiger partial charge in [-0.2, -0.15) is 0 Å². The molecule has 2 fully saturated rings. The first-order valence-electron chi connectivity index (χ1n) is 8.84. The lowest BCUT2D eigenvalue weighted by Gasteiger charge is -2.37. The van der Waals surface area contributed by atoms with Gasteiger partial charge >= 0.3 is 0 Å². The summed E-state index contributed by atoms with van der Waals surface area (Å²) in [5.41, 5.74) is 1.53. The van der Waals surface area contributed by atoms with Crippen LogP contribution in [-0.2, 0) is 9.47 Å². The third-order valence-electron chi connectivity index (χ3n) is 4.66. The summed E-state index contributed by atoms with van der Waals surface area (Å²) >= 11 is 0. The number of likely N-dealkylation sites (tertiary alicyclic amines) is 1. The molecule has 3 heterocycles. The summed E-state index contributed by atoms with van der Waals surface area (Å²) in [6, 6.07) is 1.89. The molecule has 0 aliphatic carbocycles. The fourth-order valence-electron chi connectivity index (χ4n) is 3.18. The SMILES string of the molecule is CC(C)CCNc1cncc(C(=O)N2CCC3(CC2)OCCO3)c1. The second kappa shape index (κ2) is 7.49. The molecule has 2 aliphatic heterocycles. The number of nitrogens with one attached hydrogen (secondary N) is 1. The van der Waals surface area contributed by atoms with E-state index in [9.17, 15) is 4.79 Å². The van der Waals surface area contributed by atoms with Crippen molar-refractivity contribution in [2.45, 2.75) is 38.9 Å². The van der Waals surface area contributed by atoms with Crippen molar-refractivity contribution in [1.29, 1.82) is 0 Å². The number of rotatable bonds is 5. The molecule has 24 heavy (non-hydrogen) atoms. The van der Waals surface area contributed by atoms with E-state index in [1.54, 1.807) is 12.4 Å². The van der Waals surface area contributed by atoms with Crippen molar-refractivity contribution in [3.05, 3.63) is 24.0 Å². The minimum atomic E-state index is -0.449. The molecule has 6 nitrogen and oxygen atoms in total. The minimum Gasteiger partial charge on any atom is -0.384 e. The van der Waals surface area contributed by atoms with E-state index in [2.05, 4.69) is 24.1 Å². The molecule has 0 atom stereocenters. The Balaban J connectivity index is 1.57. The predicted molar refractivity (Wildman–Crippen MR) is 92.0 cm³/mol. The fourth-order valence-corrected chi connectivity index (χ4v) is 3.18. The van der Waals surface area contributed by atoms with Crippen LogP contribution in [0.3, 0.4) is 0 Å².